The highest BCUT2D eigenvalue weighted by atomic mass is 79.9. The number of amides is 2. The lowest BCUT2D eigenvalue weighted by Crippen LogP contribution is -2.47. The zero-order valence-electron chi connectivity index (χ0n) is 13.7. The van der Waals surface area contributed by atoms with Gasteiger partial charge in [-0.2, -0.15) is 0 Å². The maximum Gasteiger partial charge on any atom is 0.241 e. The highest BCUT2D eigenvalue weighted by Gasteiger charge is 2.18. The Hall–Kier alpha value is -1.11. The van der Waals surface area contributed by atoms with E-state index in [1.807, 2.05) is 38.1 Å². The molecule has 0 aromatic heterocycles. The lowest BCUT2D eigenvalue weighted by atomic mass is 10.1. The Morgan fingerprint density at radius 2 is 1.83 bits per heavy atom. The maximum atomic E-state index is 12.0. The van der Waals surface area contributed by atoms with Crippen molar-refractivity contribution in [3.63, 3.8) is 0 Å². The minimum Gasteiger partial charge on any atom is -0.346 e. The van der Waals surface area contributed by atoms with E-state index in [1.54, 1.807) is 11.9 Å². The molecule has 5 nitrogen and oxygen atoms in total. The van der Waals surface area contributed by atoms with Gasteiger partial charge in [-0.1, -0.05) is 41.9 Å². The van der Waals surface area contributed by atoms with Gasteiger partial charge in [0.1, 0.15) is 0 Å². The Balaban J connectivity index is 0.00000484. The first-order valence-electron chi connectivity index (χ1n) is 7.33. The van der Waals surface area contributed by atoms with E-state index in [1.165, 1.54) is 0 Å². The number of benzene rings is 1. The van der Waals surface area contributed by atoms with E-state index in [-0.39, 0.29) is 36.7 Å². The molecule has 0 bridgehead atoms. The first-order chi connectivity index (χ1) is 10.3. The molecule has 1 rings (SSSR count). The Morgan fingerprint density at radius 1 is 1.26 bits per heavy atom. The fraction of sp³-hybridized carbons (Fsp3) is 0.500. The molecule has 1 atom stereocenters. The van der Waals surface area contributed by atoms with Crippen LogP contribution in [0.5, 0.6) is 0 Å². The first kappa shape index (κ1) is 21.9. The van der Waals surface area contributed by atoms with Crippen molar-refractivity contribution in [1.29, 1.82) is 0 Å². The predicted octanol–water partition coefficient (Wildman–Crippen LogP) is 1.97. The van der Waals surface area contributed by atoms with Gasteiger partial charge in [-0.25, -0.2) is 0 Å². The highest BCUT2D eigenvalue weighted by Crippen LogP contribution is 2.11. The molecule has 1 aromatic carbocycles. The number of likely N-dealkylation sites (N-methyl/N-ethyl adjacent to an activating group) is 1. The molecule has 0 aliphatic rings. The van der Waals surface area contributed by atoms with Crippen molar-refractivity contribution in [2.75, 3.05) is 20.1 Å². The van der Waals surface area contributed by atoms with E-state index in [9.17, 15) is 9.59 Å². The van der Waals surface area contributed by atoms with Gasteiger partial charge in [0.25, 0.3) is 0 Å². The Morgan fingerprint density at radius 3 is 2.35 bits per heavy atom. The second-order valence-electron chi connectivity index (χ2n) is 5.68. The van der Waals surface area contributed by atoms with Crippen LogP contribution in [0.25, 0.3) is 0 Å². The Bertz CT molecular complexity index is 509. The Labute approximate surface area is 152 Å². The summed E-state index contributed by atoms with van der Waals surface area (Å²) in [5.74, 6) is -0.365. The van der Waals surface area contributed by atoms with E-state index < -0.39 is 6.04 Å². The molecular formula is C16H25BrClN3O2. The smallest absolute Gasteiger partial charge is 0.241 e. The lowest BCUT2D eigenvalue weighted by molar-refractivity contribution is -0.132. The van der Waals surface area contributed by atoms with Crippen LogP contribution in [0.3, 0.4) is 0 Å². The van der Waals surface area contributed by atoms with Crippen LogP contribution < -0.4 is 11.1 Å². The molecule has 2 amide bonds. The van der Waals surface area contributed by atoms with Crippen molar-refractivity contribution in [3.8, 4) is 0 Å². The standard InChI is InChI=1S/C16H24BrN3O2.ClH/c1-11(2)15(18)16(22)19-10-14(21)20(3)9-8-12-4-6-13(17)7-5-12;/h4-7,11,15H,8-10,18H2,1-3H3,(H,19,22);1H/t15-;/m0./s1. The molecule has 0 heterocycles. The normalized spacial score (nSPS) is 11.6. The van der Waals surface area contributed by atoms with E-state index >= 15 is 0 Å². The Kier molecular flexibility index (Phi) is 10.1. The van der Waals surface area contributed by atoms with Crippen LogP contribution in [-0.2, 0) is 16.0 Å². The second kappa shape index (κ2) is 10.6. The van der Waals surface area contributed by atoms with Gasteiger partial charge >= 0.3 is 0 Å². The summed E-state index contributed by atoms with van der Waals surface area (Å²) in [6.45, 7) is 4.33. The molecule has 0 unspecified atom stereocenters. The van der Waals surface area contributed by atoms with Crippen LogP contribution in [0, 0.1) is 5.92 Å². The maximum absolute atomic E-state index is 12.0. The van der Waals surface area contributed by atoms with Crippen molar-refractivity contribution in [3.05, 3.63) is 34.3 Å². The molecule has 0 spiro atoms. The first-order valence-corrected chi connectivity index (χ1v) is 8.12. The van der Waals surface area contributed by atoms with Crippen LogP contribution in [-0.4, -0.2) is 42.9 Å². The van der Waals surface area contributed by atoms with Crippen LogP contribution in [0.4, 0.5) is 0 Å². The minimum atomic E-state index is -0.583. The number of nitrogens with zero attached hydrogens (tertiary/aromatic N) is 1. The number of carbonyl (C=O) groups is 2. The minimum absolute atomic E-state index is 0. The zero-order valence-corrected chi connectivity index (χ0v) is 16.1. The fourth-order valence-corrected chi connectivity index (χ4v) is 2.06. The molecule has 0 fully saturated rings. The number of nitrogens with two attached hydrogens (primary N) is 1. The van der Waals surface area contributed by atoms with Gasteiger partial charge in [-0.3, -0.25) is 9.59 Å². The third-order valence-corrected chi connectivity index (χ3v) is 4.04. The molecule has 0 radical (unpaired) electrons. The highest BCUT2D eigenvalue weighted by molar-refractivity contribution is 9.10. The van der Waals surface area contributed by atoms with Gasteiger partial charge in [-0.15, -0.1) is 12.4 Å². The summed E-state index contributed by atoms with van der Waals surface area (Å²) in [6.07, 6.45) is 0.773. The average Bonchev–Trinajstić information content (AvgIpc) is 2.50. The zero-order chi connectivity index (χ0) is 16.7. The van der Waals surface area contributed by atoms with Gasteiger partial charge in [0.05, 0.1) is 12.6 Å². The summed E-state index contributed by atoms with van der Waals surface area (Å²) in [7, 11) is 1.73. The second-order valence-corrected chi connectivity index (χ2v) is 6.60. The van der Waals surface area contributed by atoms with Crippen LogP contribution in [0.1, 0.15) is 19.4 Å². The molecule has 0 aliphatic heterocycles. The summed E-state index contributed by atoms with van der Waals surface area (Å²) in [4.78, 5) is 25.3. The molecular weight excluding hydrogens is 382 g/mol. The van der Waals surface area contributed by atoms with Crippen LogP contribution in [0.15, 0.2) is 28.7 Å². The number of hydrogen-bond acceptors (Lipinski definition) is 3. The summed E-state index contributed by atoms with van der Waals surface area (Å²) < 4.78 is 1.03. The monoisotopic (exact) mass is 405 g/mol. The quantitative estimate of drug-likeness (QED) is 0.727. The van der Waals surface area contributed by atoms with E-state index in [0.717, 1.165) is 16.5 Å². The molecule has 0 saturated carbocycles. The van der Waals surface area contributed by atoms with Crippen molar-refractivity contribution in [2.24, 2.45) is 11.7 Å². The molecule has 1 aromatic rings. The van der Waals surface area contributed by atoms with Gasteiger partial charge < -0.3 is 16.0 Å². The number of hydrogen-bond donors (Lipinski definition) is 2. The largest absolute Gasteiger partial charge is 0.346 e. The molecule has 130 valence electrons. The van der Waals surface area contributed by atoms with Gasteiger partial charge in [0.15, 0.2) is 0 Å². The number of rotatable bonds is 7. The SMILES string of the molecule is CC(C)[C@H](N)C(=O)NCC(=O)N(C)CCc1ccc(Br)cc1.Cl. The third-order valence-electron chi connectivity index (χ3n) is 3.51. The summed E-state index contributed by atoms with van der Waals surface area (Å²) in [5, 5.41) is 2.59. The van der Waals surface area contributed by atoms with Gasteiger partial charge in [0, 0.05) is 18.1 Å². The van der Waals surface area contributed by atoms with E-state index in [4.69, 9.17) is 5.73 Å². The predicted molar refractivity (Wildman–Crippen MR) is 98.6 cm³/mol. The summed E-state index contributed by atoms with van der Waals surface area (Å²) >= 11 is 3.39. The number of carbonyl (C=O) groups excluding carboxylic acids is 2. The van der Waals surface area contributed by atoms with Crippen molar-refractivity contribution < 1.29 is 9.59 Å². The van der Waals surface area contributed by atoms with Gasteiger partial charge in [-0.05, 0) is 30.0 Å². The molecule has 3 N–H and O–H groups in total. The lowest BCUT2D eigenvalue weighted by Gasteiger charge is -2.19. The summed E-state index contributed by atoms with van der Waals surface area (Å²) in [6, 6.07) is 7.41. The third kappa shape index (κ3) is 7.81. The molecule has 7 heteroatoms. The van der Waals surface area contributed by atoms with Gasteiger partial charge in [0.2, 0.25) is 11.8 Å². The number of halogens is 2. The molecule has 0 aliphatic carbocycles. The van der Waals surface area contributed by atoms with E-state index in [2.05, 4.69) is 21.2 Å². The van der Waals surface area contributed by atoms with Crippen molar-refractivity contribution in [2.45, 2.75) is 26.3 Å². The number of nitrogens with one attached hydrogen (secondary N) is 1. The van der Waals surface area contributed by atoms with Crippen molar-refractivity contribution >= 4 is 40.2 Å². The van der Waals surface area contributed by atoms with Crippen LogP contribution in [0.2, 0.25) is 0 Å². The molecule has 0 saturated heterocycles. The van der Waals surface area contributed by atoms with Crippen molar-refractivity contribution in [1.82, 2.24) is 10.2 Å². The van der Waals surface area contributed by atoms with Crippen LogP contribution >= 0.6 is 28.3 Å². The fourth-order valence-electron chi connectivity index (χ4n) is 1.79. The topological polar surface area (TPSA) is 75.4 Å². The van der Waals surface area contributed by atoms with E-state index in [0.29, 0.717) is 6.54 Å². The summed E-state index contributed by atoms with van der Waals surface area (Å²) in [5.41, 5.74) is 6.89. The molecule has 23 heavy (non-hydrogen) atoms. The average molecular weight is 407 g/mol.